The Hall–Kier alpha value is -1.90. The van der Waals surface area contributed by atoms with Gasteiger partial charge in [0.1, 0.15) is 11.5 Å². The summed E-state index contributed by atoms with van der Waals surface area (Å²) in [6.45, 7) is 7.17. The zero-order valence-corrected chi connectivity index (χ0v) is 16.6. The van der Waals surface area contributed by atoms with Crippen molar-refractivity contribution in [2.45, 2.75) is 31.2 Å². The van der Waals surface area contributed by atoms with Crippen LogP contribution in [0.1, 0.15) is 24.3 Å². The Kier molecular flexibility index (Phi) is 6.51. The van der Waals surface area contributed by atoms with Gasteiger partial charge in [0.05, 0.1) is 18.4 Å². The van der Waals surface area contributed by atoms with Gasteiger partial charge in [-0.3, -0.25) is 14.3 Å². The van der Waals surface area contributed by atoms with Crippen molar-refractivity contribution in [2.24, 2.45) is 0 Å². The molecule has 0 spiro atoms. The van der Waals surface area contributed by atoms with E-state index in [0.29, 0.717) is 23.1 Å². The van der Waals surface area contributed by atoms with Crippen LogP contribution < -0.4 is 5.32 Å². The van der Waals surface area contributed by atoms with Crippen LogP contribution in [-0.4, -0.2) is 65.0 Å². The Bertz CT molecular complexity index is 771. The van der Waals surface area contributed by atoms with Gasteiger partial charge in [0.25, 0.3) is 5.91 Å². The van der Waals surface area contributed by atoms with Gasteiger partial charge in [-0.2, -0.15) is 0 Å². The van der Waals surface area contributed by atoms with Crippen LogP contribution in [0.5, 0.6) is 0 Å². The van der Waals surface area contributed by atoms with Crippen LogP contribution in [0.4, 0.5) is 4.39 Å². The van der Waals surface area contributed by atoms with Crippen LogP contribution in [0.25, 0.3) is 5.69 Å². The number of carbonyl (C=O) groups is 1. The summed E-state index contributed by atoms with van der Waals surface area (Å²) in [7, 11) is 0. The summed E-state index contributed by atoms with van der Waals surface area (Å²) in [6.07, 6.45) is 3.86. The van der Waals surface area contributed by atoms with E-state index in [-0.39, 0.29) is 23.9 Å². The second kappa shape index (κ2) is 8.86. The topological polar surface area (TPSA) is 59.4 Å². The van der Waals surface area contributed by atoms with E-state index >= 15 is 0 Å². The van der Waals surface area contributed by atoms with Crippen LogP contribution in [0, 0.1) is 5.82 Å². The molecule has 0 radical (unpaired) electrons. The summed E-state index contributed by atoms with van der Waals surface area (Å²) < 4.78 is 20.7. The van der Waals surface area contributed by atoms with Crippen LogP contribution in [-0.2, 0) is 4.74 Å². The Labute approximate surface area is 163 Å². The molecule has 6 nitrogen and oxygen atoms in total. The number of halogens is 1. The fourth-order valence-corrected chi connectivity index (χ4v) is 3.91. The van der Waals surface area contributed by atoms with Crippen molar-refractivity contribution in [3.8, 4) is 5.69 Å². The maximum atomic E-state index is 13.2. The molecule has 1 fully saturated rings. The lowest BCUT2D eigenvalue weighted by molar-refractivity contribution is -0.0672. The van der Waals surface area contributed by atoms with Crippen LogP contribution >= 0.6 is 11.8 Å². The molecule has 1 aliphatic rings. The first-order valence-corrected chi connectivity index (χ1v) is 10.2. The molecule has 2 unspecified atom stereocenters. The van der Waals surface area contributed by atoms with Gasteiger partial charge in [-0.25, -0.2) is 9.37 Å². The van der Waals surface area contributed by atoms with Gasteiger partial charge >= 0.3 is 0 Å². The van der Waals surface area contributed by atoms with Gasteiger partial charge in [-0.15, -0.1) is 0 Å². The largest absolute Gasteiger partial charge is 0.373 e. The summed E-state index contributed by atoms with van der Waals surface area (Å²) in [4.78, 5) is 19.3. The fraction of sp³-hybridized carbons (Fsp3) is 0.474. The zero-order valence-electron chi connectivity index (χ0n) is 15.8. The van der Waals surface area contributed by atoms with Crippen molar-refractivity contribution >= 4 is 17.7 Å². The van der Waals surface area contributed by atoms with E-state index in [1.54, 1.807) is 22.9 Å². The number of carbonyl (C=O) groups excluding carboxylic acids is 1. The molecule has 1 saturated heterocycles. The van der Waals surface area contributed by atoms with Crippen LogP contribution in [0.15, 0.2) is 35.6 Å². The molecule has 2 aromatic rings. The highest BCUT2D eigenvalue weighted by Gasteiger charge is 2.22. The first kappa shape index (κ1) is 19.9. The van der Waals surface area contributed by atoms with Crippen LogP contribution in [0.3, 0.4) is 0 Å². The van der Waals surface area contributed by atoms with E-state index in [1.165, 1.54) is 23.9 Å². The molecule has 0 saturated carbocycles. The molecule has 0 aliphatic carbocycles. The molecule has 27 heavy (non-hydrogen) atoms. The van der Waals surface area contributed by atoms with E-state index < -0.39 is 0 Å². The smallest absolute Gasteiger partial charge is 0.270 e. The van der Waals surface area contributed by atoms with Crippen molar-refractivity contribution in [2.75, 3.05) is 32.4 Å². The number of rotatable bonds is 6. The summed E-state index contributed by atoms with van der Waals surface area (Å²) in [5.74, 6) is -0.508. The van der Waals surface area contributed by atoms with E-state index in [9.17, 15) is 9.18 Å². The standard InChI is InChI=1S/C19H25FN4O2S/c1-13-11-23(12-14(2)26-13)9-8-21-18(25)17-10-22-19(27-3)24(17)16-6-4-15(20)5-7-16/h4-7,10,13-14H,8-9,11-12H2,1-3H3,(H,21,25). The third kappa shape index (κ3) is 4.88. The SMILES string of the molecule is CSc1ncc(C(=O)NCCN2CC(C)OC(C)C2)n1-c1ccc(F)cc1. The third-order valence-corrected chi connectivity index (χ3v) is 5.09. The van der Waals surface area contributed by atoms with Crippen molar-refractivity contribution < 1.29 is 13.9 Å². The number of imidazole rings is 1. The average Bonchev–Trinajstić information content (AvgIpc) is 3.05. The van der Waals surface area contributed by atoms with E-state index in [4.69, 9.17) is 4.74 Å². The lowest BCUT2D eigenvalue weighted by Gasteiger charge is -2.35. The maximum Gasteiger partial charge on any atom is 0.270 e. The zero-order chi connectivity index (χ0) is 19.4. The van der Waals surface area contributed by atoms with Crippen molar-refractivity contribution in [1.29, 1.82) is 0 Å². The number of hydrogen-bond donors (Lipinski definition) is 1. The Morgan fingerprint density at radius 3 is 2.59 bits per heavy atom. The molecule has 1 N–H and O–H groups in total. The Balaban J connectivity index is 1.66. The molecule has 2 atom stereocenters. The minimum atomic E-state index is -0.315. The number of nitrogens with zero attached hydrogens (tertiary/aromatic N) is 3. The lowest BCUT2D eigenvalue weighted by Crippen LogP contribution is -2.47. The molecule has 0 bridgehead atoms. The maximum absolute atomic E-state index is 13.2. The van der Waals surface area contributed by atoms with Crippen molar-refractivity contribution in [3.63, 3.8) is 0 Å². The summed E-state index contributed by atoms with van der Waals surface area (Å²) in [6, 6.07) is 6.04. The highest BCUT2D eigenvalue weighted by molar-refractivity contribution is 7.98. The molecule has 1 aliphatic heterocycles. The molecular weight excluding hydrogens is 367 g/mol. The number of thioether (sulfide) groups is 1. The van der Waals surface area contributed by atoms with Gasteiger partial charge in [-0.05, 0) is 44.4 Å². The van der Waals surface area contributed by atoms with Gasteiger partial charge < -0.3 is 10.1 Å². The molecular formula is C19H25FN4O2S. The number of ether oxygens (including phenoxy) is 1. The minimum Gasteiger partial charge on any atom is -0.373 e. The van der Waals surface area contributed by atoms with Gasteiger partial charge in [0, 0.05) is 31.9 Å². The van der Waals surface area contributed by atoms with Crippen molar-refractivity contribution in [3.05, 3.63) is 42.0 Å². The number of nitrogens with one attached hydrogen (secondary N) is 1. The number of benzene rings is 1. The van der Waals surface area contributed by atoms with Gasteiger partial charge in [-0.1, -0.05) is 11.8 Å². The average molecular weight is 393 g/mol. The third-order valence-electron chi connectivity index (χ3n) is 4.44. The molecule has 8 heteroatoms. The fourth-order valence-electron chi connectivity index (χ4n) is 3.36. The number of morpholine rings is 1. The normalized spacial score (nSPS) is 20.6. The molecule has 3 rings (SSSR count). The Morgan fingerprint density at radius 1 is 1.30 bits per heavy atom. The monoisotopic (exact) mass is 392 g/mol. The van der Waals surface area contributed by atoms with E-state index in [2.05, 4.69) is 29.0 Å². The molecule has 1 amide bonds. The predicted octanol–water partition coefficient (Wildman–Crippen LogP) is 2.57. The second-order valence-corrected chi connectivity index (χ2v) is 7.49. The van der Waals surface area contributed by atoms with E-state index in [0.717, 1.165) is 19.6 Å². The predicted molar refractivity (Wildman–Crippen MR) is 104 cm³/mol. The first-order valence-electron chi connectivity index (χ1n) is 9.01. The molecule has 1 aromatic heterocycles. The second-order valence-electron chi connectivity index (χ2n) is 6.71. The molecule has 1 aromatic carbocycles. The molecule has 2 heterocycles. The number of amides is 1. The van der Waals surface area contributed by atoms with Gasteiger partial charge in [0.2, 0.25) is 0 Å². The van der Waals surface area contributed by atoms with Gasteiger partial charge in [0.15, 0.2) is 5.16 Å². The summed E-state index contributed by atoms with van der Waals surface area (Å²) in [5.41, 5.74) is 1.15. The highest BCUT2D eigenvalue weighted by atomic mass is 32.2. The minimum absolute atomic E-state index is 0.193. The highest BCUT2D eigenvalue weighted by Crippen LogP contribution is 2.22. The van der Waals surface area contributed by atoms with Crippen molar-refractivity contribution in [1.82, 2.24) is 19.8 Å². The number of hydrogen-bond acceptors (Lipinski definition) is 5. The van der Waals surface area contributed by atoms with E-state index in [1.807, 2.05) is 6.26 Å². The summed E-state index contributed by atoms with van der Waals surface area (Å²) in [5, 5.41) is 3.65. The Morgan fingerprint density at radius 2 is 1.96 bits per heavy atom. The van der Waals surface area contributed by atoms with Crippen LogP contribution in [0.2, 0.25) is 0 Å². The summed E-state index contributed by atoms with van der Waals surface area (Å²) >= 11 is 1.44. The molecule has 146 valence electrons. The quantitative estimate of drug-likeness (QED) is 0.766. The first-order chi connectivity index (χ1) is 13.0. The number of aromatic nitrogens is 2. The lowest BCUT2D eigenvalue weighted by atomic mass is 10.2.